The summed E-state index contributed by atoms with van der Waals surface area (Å²) in [6, 6.07) is 0. The average molecular weight is 194 g/mol. The Hall–Kier alpha value is 0. The van der Waals surface area contributed by atoms with Crippen LogP contribution in [-0.4, -0.2) is 0 Å². The Bertz CT molecular complexity index is 172. The van der Waals surface area contributed by atoms with E-state index in [1.165, 1.54) is 12.8 Å². The molecule has 2 rings (SSSR count). The second kappa shape index (κ2) is 4.24. The molecular formula is C14H26. The van der Waals surface area contributed by atoms with Gasteiger partial charge in [0.2, 0.25) is 0 Å². The van der Waals surface area contributed by atoms with E-state index in [1.807, 2.05) is 0 Å². The summed E-state index contributed by atoms with van der Waals surface area (Å²) in [6.07, 6.45) is 9.11. The van der Waals surface area contributed by atoms with Gasteiger partial charge in [-0.1, -0.05) is 27.2 Å². The van der Waals surface area contributed by atoms with Crippen LogP contribution < -0.4 is 0 Å². The predicted molar refractivity (Wildman–Crippen MR) is 62.2 cm³/mol. The van der Waals surface area contributed by atoms with E-state index in [2.05, 4.69) is 20.8 Å². The Balaban J connectivity index is 1.60. The minimum atomic E-state index is 0.973. The summed E-state index contributed by atoms with van der Waals surface area (Å²) >= 11 is 0. The van der Waals surface area contributed by atoms with Gasteiger partial charge in [-0.2, -0.15) is 0 Å². The van der Waals surface area contributed by atoms with Gasteiger partial charge >= 0.3 is 0 Å². The molecule has 0 aromatic rings. The molecule has 0 heterocycles. The fourth-order valence-electron chi connectivity index (χ4n) is 3.45. The summed E-state index contributed by atoms with van der Waals surface area (Å²) < 4.78 is 0. The van der Waals surface area contributed by atoms with Gasteiger partial charge in [-0.3, -0.25) is 0 Å². The fraction of sp³-hybridized carbons (Fsp3) is 1.00. The maximum atomic E-state index is 2.42. The van der Waals surface area contributed by atoms with E-state index in [9.17, 15) is 0 Å². The van der Waals surface area contributed by atoms with E-state index in [1.54, 1.807) is 25.7 Å². The van der Waals surface area contributed by atoms with Crippen molar-refractivity contribution in [2.75, 3.05) is 0 Å². The number of hydrogen-bond acceptors (Lipinski definition) is 0. The van der Waals surface area contributed by atoms with Crippen LogP contribution in [-0.2, 0) is 0 Å². The number of hydrogen-bond donors (Lipinski definition) is 0. The summed E-state index contributed by atoms with van der Waals surface area (Å²) in [5, 5.41) is 0. The van der Waals surface area contributed by atoms with E-state index in [0.29, 0.717) is 0 Å². The van der Waals surface area contributed by atoms with Crippen molar-refractivity contribution in [1.29, 1.82) is 0 Å². The molecule has 0 radical (unpaired) electrons. The van der Waals surface area contributed by atoms with E-state index in [0.717, 1.165) is 29.6 Å². The normalized spacial score (nSPS) is 43.9. The van der Waals surface area contributed by atoms with Crippen LogP contribution in [0, 0.1) is 29.6 Å². The highest BCUT2D eigenvalue weighted by Crippen LogP contribution is 2.50. The zero-order valence-corrected chi connectivity index (χ0v) is 10.1. The minimum absolute atomic E-state index is 0.973. The lowest BCUT2D eigenvalue weighted by Gasteiger charge is -2.47. The van der Waals surface area contributed by atoms with Crippen molar-refractivity contribution in [2.24, 2.45) is 29.6 Å². The molecule has 1 atom stereocenters. The molecule has 0 aliphatic heterocycles. The van der Waals surface area contributed by atoms with Gasteiger partial charge in [-0.15, -0.1) is 0 Å². The van der Waals surface area contributed by atoms with Gasteiger partial charge < -0.3 is 0 Å². The SMILES string of the molecule is CCC(C)CC1CC(C2CC(C)C2)C1. The molecule has 0 aromatic carbocycles. The van der Waals surface area contributed by atoms with Crippen LogP contribution in [0.3, 0.4) is 0 Å². The molecule has 2 aliphatic carbocycles. The molecular weight excluding hydrogens is 168 g/mol. The molecule has 2 fully saturated rings. The van der Waals surface area contributed by atoms with E-state index in [4.69, 9.17) is 0 Å². The zero-order chi connectivity index (χ0) is 10.1. The summed E-state index contributed by atoms with van der Waals surface area (Å²) in [4.78, 5) is 0. The standard InChI is InChI=1S/C14H26/c1-4-10(2)5-12-8-14(9-12)13-6-11(3)7-13/h10-14H,4-9H2,1-3H3. The van der Waals surface area contributed by atoms with E-state index in [-0.39, 0.29) is 0 Å². The van der Waals surface area contributed by atoms with E-state index >= 15 is 0 Å². The third-order valence-electron chi connectivity index (χ3n) is 4.78. The lowest BCUT2D eigenvalue weighted by molar-refractivity contribution is 0.0333. The largest absolute Gasteiger partial charge is 0.0651 e. The van der Waals surface area contributed by atoms with Crippen LogP contribution in [0.15, 0.2) is 0 Å². The molecule has 14 heavy (non-hydrogen) atoms. The molecule has 0 heteroatoms. The first-order chi connectivity index (χ1) is 6.69. The highest BCUT2D eigenvalue weighted by Gasteiger charge is 2.39. The Labute approximate surface area is 89.5 Å². The molecule has 0 nitrogen and oxygen atoms in total. The quantitative estimate of drug-likeness (QED) is 0.618. The van der Waals surface area contributed by atoms with Crippen molar-refractivity contribution in [2.45, 2.75) is 59.3 Å². The van der Waals surface area contributed by atoms with Crippen molar-refractivity contribution < 1.29 is 0 Å². The van der Waals surface area contributed by atoms with Crippen molar-refractivity contribution >= 4 is 0 Å². The zero-order valence-electron chi connectivity index (χ0n) is 10.1. The highest BCUT2D eigenvalue weighted by molar-refractivity contribution is 4.90. The van der Waals surface area contributed by atoms with Gasteiger partial charge in [-0.25, -0.2) is 0 Å². The minimum Gasteiger partial charge on any atom is -0.0651 e. The van der Waals surface area contributed by atoms with Gasteiger partial charge in [0, 0.05) is 0 Å². The lowest BCUT2D eigenvalue weighted by atomic mass is 9.58. The van der Waals surface area contributed by atoms with Gasteiger partial charge in [0.1, 0.15) is 0 Å². The Morgan fingerprint density at radius 3 is 2.14 bits per heavy atom. The molecule has 2 aliphatic rings. The van der Waals surface area contributed by atoms with Crippen LogP contribution >= 0.6 is 0 Å². The lowest BCUT2D eigenvalue weighted by Crippen LogP contribution is -2.37. The third-order valence-corrected chi connectivity index (χ3v) is 4.78. The Kier molecular flexibility index (Phi) is 3.19. The molecule has 82 valence electrons. The van der Waals surface area contributed by atoms with Crippen molar-refractivity contribution in [3.63, 3.8) is 0 Å². The molecule has 0 spiro atoms. The first-order valence-corrected chi connectivity index (χ1v) is 6.69. The molecule has 0 bridgehead atoms. The second-order valence-electron chi connectivity index (χ2n) is 6.18. The smallest absolute Gasteiger partial charge is 0.0380 e. The first-order valence-electron chi connectivity index (χ1n) is 6.69. The maximum absolute atomic E-state index is 2.42. The Morgan fingerprint density at radius 2 is 1.64 bits per heavy atom. The summed E-state index contributed by atoms with van der Waals surface area (Å²) in [5.41, 5.74) is 0. The van der Waals surface area contributed by atoms with Gasteiger partial charge in [0.05, 0.1) is 0 Å². The molecule has 0 amide bonds. The maximum Gasteiger partial charge on any atom is -0.0380 e. The molecule has 1 unspecified atom stereocenters. The predicted octanol–water partition coefficient (Wildman–Crippen LogP) is 4.49. The van der Waals surface area contributed by atoms with Gasteiger partial charge in [-0.05, 0) is 61.7 Å². The van der Waals surface area contributed by atoms with E-state index < -0.39 is 0 Å². The van der Waals surface area contributed by atoms with Crippen molar-refractivity contribution in [3.8, 4) is 0 Å². The molecule has 0 N–H and O–H groups in total. The van der Waals surface area contributed by atoms with Gasteiger partial charge in [0.15, 0.2) is 0 Å². The van der Waals surface area contributed by atoms with Crippen LogP contribution in [0.2, 0.25) is 0 Å². The van der Waals surface area contributed by atoms with Crippen LogP contribution in [0.25, 0.3) is 0 Å². The monoisotopic (exact) mass is 194 g/mol. The second-order valence-corrected chi connectivity index (χ2v) is 6.18. The van der Waals surface area contributed by atoms with Crippen LogP contribution in [0.1, 0.15) is 59.3 Å². The van der Waals surface area contributed by atoms with Crippen LogP contribution in [0.4, 0.5) is 0 Å². The summed E-state index contributed by atoms with van der Waals surface area (Å²) in [7, 11) is 0. The van der Waals surface area contributed by atoms with Crippen LogP contribution in [0.5, 0.6) is 0 Å². The summed E-state index contributed by atoms with van der Waals surface area (Å²) in [5.74, 6) is 5.40. The first kappa shape index (κ1) is 10.5. The van der Waals surface area contributed by atoms with Crippen molar-refractivity contribution in [3.05, 3.63) is 0 Å². The molecule has 2 saturated carbocycles. The summed E-state index contributed by atoms with van der Waals surface area (Å²) in [6.45, 7) is 7.15. The number of rotatable bonds is 4. The topological polar surface area (TPSA) is 0 Å². The molecule has 0 aromatic heterocycles. The average Bonchev–Trinajstić information content (AvgIpc) is 2.05. The Morgan fingerprint density at radius 1 is 1.07 bits per heavy atom. The highest BCUT2D eigenvalue weighted by atomic mass is 14.4. The third kappa shape index (κ3) is 2.15. The fourth-order valence-corrected chi connectivity index (χ4v) is 3.45. The molecule has 0 saturated heterocycles. The van der Waals surface area contributed by atoms with Crippen molar-refractivity contribution in [1.82, 2.24) is 0 Å². The van der Waals surface area contributed by atoms with Gasteiger partial charge in [0.25, 0.3) is 0 Å².